The van der Waals surface area contributed by atoms with E-state index < -0.39 is 0 Å². The average Bonchev–Trinajstić information content (AvgIpc) is 2.50. The number of rotatable bonds is 6. The second-order valence-electron chi connectivity index (χ2n) is 4.61. The van der Waals surface area contributed by atoms with Crippen molar-refractivity contribution in [3.05, 3.63) is 23.8 Å². The summed E-state index contributed by atoms with van der Waals surface area (Å²) in [4.78, 5) is 0. The van der Waals surface area contributed by atoms with Crippen molar-refractivity contribution in [1.29, 1.82) is 0 Å². The van der Waals surface area contributed by atoms with Crippen molar-refractivity contribution in [1.82, 2.24) is 0 Å². The quantitative estimate of drug-likeness (QED) is 0.624. The van der Waals surface area contributed by atoms with Crippen LogP contribution in [0.4, 0.5) is 0 Å². The van der Waals surface area contributed by atoms with Crippen molar-refractivity contribution < 1.29 is 14.9 Å². The van der Waals surface area contributed by atoms with Gasteiger partial charge in [0.05, 0.1) is 7.11 Å². The minimum Gasteiger partial charge on any atom is -0.504 e. The number of hydrogen-bond donors (Lipinski definition) is 2. The number of phenols is 1. The van der Waals surface area contributed by atoms with Crippen LogP contribution in [0.3, 0.4) is 0 Å². The lowest BCUT2D eigenvalue weighted by Crippen LogP contribution is -1.84. The predicted octanol–water partition coefficient (Wildman–Crippen LogP) is 3.09. The van der Waals surface area contributed by atoms with Gasteiger partial charge in [0, 0.05) is 18.4 Å². The maximum atomic E-state index is 9.48. The fourth-order valence-electron chi connectivity index (χ4n) is 1.84. The van der Waals surface area contributed by atoms with E-state index in [0.717, 1.165) is 44.1 Å². The zero-order valence-electron chi connectivity index (χ0n) is 12.5. The van der Waals surface area contributed by atoms with E-state index in [0.29, 0.717) is 5.75 Å². The summed E-state index contributed by atoms with van der Waals surface area (Å²) in [7, 11) is 1.52. The van der Waals surface area contributed by atoms with E-state index in [1.807, 2.05) is 0 Å². The van der Waals surface area contributed by atoms with Crippen molar-refractivity contribution in [2.75, 3.05) is 13.7 Å². The van der Waals surface area contributed by atoms with Crippen LogP contribution in [-0.2, 0) is 0 Å². The van der Waals surface area contributed by atoms with Gasteiger partial charge in [0.1, 0.15) is 6.61 Å². The number of aliphatic hydroxyl groups excluding tert-OH is 1. The molecule has 21 heavy (non-hydrogen) atoms. The largest absolute Gasteiger partial charge is 0.504 e. The molecule has 112 valence electrons. The van der Waals surface area contributed by atoms with Gasteiger partial charge in [0.2, 0.25) is 0 Å². The van der Waals surface area contributed by atoms with Gasteiger partial charge in [-0.2, -0.15) is 0 Å². The molecular weight excluding hydrogens is 264 g/mol. The molecule has 0 aromatic heterocycles. The zero-order valence-corrected chi connectivity index (χ0v) is 12.5. The van der Waals surface area contributed by atoms with Crippen LogP contribution in [0.15, 0.2) is 18.2 Å². The summed E-state index contributed by atoms with van der Waals surface area (Å²) in [6, 6.07) is 5.11. The second-order valence-corrected chi connectivity index (χ2v) is 4.61. The number of aliphatic hydroxyl groups is 1. The molecule has 0 aliphatic rings. The van der Waals surface area contributed by atoms with Crippen LogP contribution in [-0.4, -0.2) is 23.9 Å². The Morgan fingerprint density at radius 2 is 1.71 bits per heavy atom. The second kappa shape index (κ2) is 10.7. The van der Waals surface area contributed by atoms with Crippen LogP contribution in [0.2, 0.25) is 0 Å². The molecule has 0 saturated carbocycles. The van der Waals surface area contributed by atoms with Crippen molar-refractivity contribution in [3.63, 3.8) is 0 Å². The van der Waals surface area contributed by atoms with Gasteiger partial charge in [-0.15, -0.1) is 5.92 Å². The van der Waals surface area contributed by atoms with E-state index in [1.165, 1.54) is 7.11 Å². The highest BCUT2D eigenvalue weighted by Crippen LogP contribution is 2.25. The van der Waals surface area contributed by atoms with Crippen molar-refractivity contribution in [3.8, 4) is 35.2 Å². The summed E-state index contributed by atoms with van der Waals surface area (Å²) in [6.07, 6.45) is 6.18. The summed E-state index contributed by atoms with van der Waals surface area (Å²) < 4.78 is 5.04. The van der Waals surface area contributed by atoms with Gasteiger partial charge in [-0.05, 0) is 31.0 Å². The molecule has 1 aromatic carbocycles. The molecule has 3 nitrogen and oxygen atoms in total. The fourth-order valence-corrected chi connectivity index (χ4v) is 1.84. The molecule has 0 atom stereocenters. The average molecular weight is 286 g/mol. The molecule has 0 saturated heterocycles. The Balaban J connectivity index is 2.21. The lowest BCUT2D eigenvalue weighted by atomic mass is 10.1. The van der Waals surface area contributed by atoms with E-state index in [9.17, 15) is 5.11 Å². The van der Waals surface area contributed by atoms with Gasteiger partial charge in [0.25, 0.3) is 0 Å². The number of unbranched alkanes of at least 4 members (excludes halogenated alkanes) is 5. The summed E-state index contributed by atoms with van der Waals surface area (Å²) in [5.74, 6) is 12.4. The first-order valence-electron chi connectivity index (χ1n) is 7.20. The molecular formula is C18H22O3. The van der Waals surface area contributed by atoms with Gasteiger partial charge in [-0.1, -0.05) is 30.6 Å². The van der Waals surface area contributed by atoms with Crippen molar-refractivity contribution >= 4 is 0 Å². The zero-order chi connectivity index (χ0) is 15.3. The third-order valence-electron chi connectivity index (χ3n) is 2.97. The molecule has 0 bridgehead atoms. The van der Waals surface area contributed by atoms with Crippen LogP contribution in [0.5, 0.6) is 11.5 Å². The Hall–Kier alpha value is -2.10. The molecule has 1 aromatic rings. The monoisotopic (exact) mass is 286 g/mol. The highest BCUT2D eigenvalue weighted by atomic mass is 16.5. The molecule has 0 amide bonds. The van der Waals surface area contributed by atoms with Crippen molar-refractivity contribution in [2.45, 2.75) is 38.5 Å². The standard InChI is InChI=1S/C18H22O3/c1-21-18-15-16(12-13-17(18)20)11-9-7-5-3-2-4-6-8-10-14-19/h12-13,15,19-20H,2-7,14H2,1H3. The van der Waals surface area contributed by atoms with Crippen LogP contribution in [0.25, 0.3) is 0 Å². The Morgan fingerprint density at radius 1 is 1.00 bits per heavy atom. The molecule has 0 fully saturated rings. The van der Waals surface area contributed by atoms with Gasteiger partial charge in [-0.3, -0.25) is 0 Å². The van der Waals surface area contributed by atoms with Gasteiger partial charge < -0.3 is 14.9 Å². The Labute approximate surface area is 127 Å². The minimum atomic E-state index is -0.0440. The lowest BCUT2D eigenvalue weighted by molar-refractivity contribution is 0.350. The molecule has 0 aliphatic carbocycles. The van der Waals surface area contributed by atoms with Gasteiger partial charge in [0.15, 0.2) is 11.5 Å². The molecule has 0 heterocycles. The van der Waals surface area contributed by atoms with Crippen LogP contribution in [0, 0.1) is 23.7 Å². The van der Waals surface area contributed by atoms with E-state index in [2.05, 4.69) is 23.7 Å². The number of aromatic hydroxyl groups is 1. The Kier molecular flexibility index (Phi) is 8.61. The van der Waals surface area contributed by atoms with Crippen LogP contribution < -0.4 is 4.74 Å². The molecule has 0 radical (unpaired) electrons. The minimum absolute atomic E-state index is 0.0440. The van der Waals surface area contributed by atoms with E-state index in [4.69, 9.17) is 9.84 Å². The number of methoxy groups -OCH3 is 1. The number of ether oxygens (including phenoxy) is 1. The molecule has 0 unspecified atom stereocenters. The number of benzene rings is 1. The summed E-state index contributed by atoms with van der Waals surface area (Å²) >= 11 is 0. The van der Waals surface area contributed by atoms with E-state index in [1.54, 1.807) is 18.2 Å². The smallest absolute Gasteiger partial charge is 0.161 e. The van der Waals surface area contributed by atoms with Crippen molar-refractivity contribution in [2.24, 2.45) is 0 Å². The molecule has 0 spiro atoms. The fraction of sp³-hybridized carbons (Fsp3) is 0.444. The van der Waals surface area contributed by atoms with Gasteiger partial charge >= 0.3 is 0 Å². The lowest BCUT2D eigenvalue weighted by Gasteiger charge is -2.02. The normalized spacial score (nSPS) is 9.24. The SMILES string of the molecule is COc1cc(C#CCCCCCCC#CCO)ccc1O. The molecule has 3 heteroatoms. The summed E-state index contributed by atoms with van der Waals surface area (Å²) in [6.45, 7) is -0.0440. The summed E-state index contributed by atoms with van der Waals surface area (Å²) in [5, 5.41) is 18.0. The maximum Gasteiger partial charge on any atom is 0.161 e. The highest BCUT2D eigenvalue weighted by Gasteiger charge is 2.00. The number of phenolic OH excluding ortho intramolecular Hbond substituents is 1. The third kappa shape index (κ3) is 7.30. The van der Waals surface area contributed by atoms with E-state index in [-0.39, 0.29) is 12.4 Å². The highest BCUT2D eigenvalue weighted by molar-refractivity contribution is 5.47. The molecule has 1 rings (SSSR count). The Morgan fingerprint density at radius 3 is 2.38 bits per heavy atom. The Bertz CT molecular complexity index is 541. The predicted molar refractivity (Wildman–Crippen MR) is 84.1 cm³/mol. The third-order valence-corrected chi connectivity index (χ3v) is 2.97. The maximum absolute atomic E-state index is 9.48. The summed E-state index contributed by atoms with van der Waals surface area (Å²) in [5.41, 5.74) is 0.851. The first kappa shape index (κ1) is 17.0. The van der Waals surface area contributed by atoms with Crippen LogP contribution in [0.1, 0.15) is 44.1 Å². The van der Waals surface area contributed by atoms with E-state index >= 15 is 0 Å². The first-order chi connectivity index (χ1) is 10.3. The number of hydrogen-bond acceptors (Lipinski definition) is 3. The molecule has 2 N–H and O–H groups in total. The molecule has 0 aliphatic heterocycles. The van der Waals surface area contributed by atoms with Crippen LogP contribution >= 0.6 is 0 Å². The van der Waals surface area contributed by atoms with Gasteiger partial charge in [-0.25, -0.2) is 0 Å². The topological polar surface area (TPSA) is 49.7 Å². The first-order valence-corrected chi connectivity index (χ1v) is 7.20.